The summed E-state index contributed by atoms with van der Waals surface area (Å²) in [6, 6.07) is 12.3. The molecule has 0 saturated carbocycles. The fourth-order valence-corrected chi connectivity index (χ4v) is 2.49. The van der Waals surface area contributed by atoms with Gasteiger partial charge in [0.1, 0.15) is 5.82 Å². The highest BCUT2D eigenvalue weighted by atomic mass is 79.9. The van der Waals surface area contributed by atoms with Gasteiger partial charge in [0.2, 0.25) is 0 Å². The summed E-state index contributed by atoms with van der Waals surface area (Å²) in [5.41, 5.74) is 2.23. The molecule has 0 aliphatic carbocycles. The van der Waals surface area contributed by atoms with E-state index in [4.69, 9.17) is 11.6 Å². The van der Waals surface area contributed by atoms with Gasteiger partial charge in [-0.05, 0) is 11.6 Å². The smallest absolute Gasteiger partial charge is 0.131 e. The second-order valence-electron chi connectivity index (χ2n) is 3.39. The second kappa shape index (κ2) is 4.98. The van der Waals surface area contributed by atoms with Crippen molar-refractivity contribution in [2.75, 3.05) is 0 Å². The minimum absolute atomic E-state index is 0.254. The summed E-state index contributed by atoms with van der Waals surface area (Å²) in [5.74, 6) is -0.254. The fourth-order valence-electron chi connectivity index (χ4n) is 1.57. The summed E-state index contributed by atoms with van der Waals surface area (Å²) in [6.07, 6.45) is 0. The standard InChI is InChI=1S/C13H9BrClF/c14-8-9-4-3-6-11(13(9)15)10-5-1-2-7-12(10)16/h1-7H,8H2. The Kier molecular flexibility index (Phi) is 3.62. The van der Waals surface area contributed by atoms with Crippen molar-refractivity contribution in [1.82, 2.24) is 0 Å². The van der Waals surface area contributed by atoms with Crippen LogP contribution < -0.4 is 0 Å². The van der Waals surface area contributed by atoms with Crippen molar-refractivity contribution in [2.45, 2.75) is 5.33 Å². The van der Waals surface area contributed by atoms with E-state index >= 15 is 0 Å². The van der Waals surface area contributed by atoms with Gasteiger partial charge >= 0.3 is 0 Å². The molecule has 16 heavy (non-hydrogen) atoms. The summed E-state index contributed by atoms with van der Waals surface area (Å²) in [7, 11) is 0. The molecular formula is C13H9BrClF. The van der Waals surface area contributed by atoms with Gasteiger partial charge in [0.05, 0.1) is 5.02 Å². The van der Waals surface area contributed by atoms with Gasteiger partial charge < -0.3 is 0 Å². The van der Waals surface area contributed by atoms with Crippen molar-refractivity contribution in [2.24, 2.45) is 0 Å². The van der Waals surface area contributed by atoms with Gasteiger partial charge in [-0.2, -0.15) is 0 Å². The minimum Gasteiger partial charge on any atom is -0.206 e. The van der Waals surface area contributed by atoms with E-state index < -0.39 is 0 Å². The summed E-state index contributed by atoms with van der Waals surface area (Å²) in [6.45, 7) is 0. The van der Waals surface area contributed by atoms with E-state index in [1.54, 1.807) is 18.2 Å². The first-order valence-electron chi connectivity index (χ1n) is 4.82. The topological polar surface area (TPSA) is 0 Å². The maximum atomic E-state index is 13.6. The highest BCUT2D eigenvalue weighted by Crippen LogP contribution is 2.32. The molecule has 0 heterocycles. The van der Waals surface area contributed by atoms with E-state index in [0.29, 0.717) is 15.9 Å². The lowest BCUT2D eigenvalue weighted by atomic mass is 10.0. The molecule has 0 aromatic heterocycles. The largest absolute Gasteiger partial charge is 0.206 e. The first kappa shape index (κ1) is 11.6. The second-order valence-corrected chi connectivity index (χ2v) is 4.33. The summed E-state index contributed by atoms with van der Waals surface area (Å²) < 4.78 is 13.6. The number of benzene rings is 2. The molecule has 2 rings (SSSR count). The van der Waals surface area contributed by atoms with E-state index in [2.05, 4.69) is 15.9 Å². The highest BCUT2D eigenvalue weighted by Gasteiger charge is 2.10. The van der Waals surface area contributed by atoms with Crippen molar-refractivity contribution < 1.29 is 4.39 Å². The molecule has 0 aliphatic heterocycles. The molecule has 0 bridgehead atoms. The van der Waals surface area contributed by atoms with E-state index in [1.165, 1.54) is 6.07 Å². The lowest BCUT2D eigenvalue weighted by Gasteiger charge is -2.08. The molecule has 0 amide bonds. The molecule has 0 atom stereocenters. The molecule has 82 valence electrons. The molecule has 0 radical (unpaired) electrons. The molecule has 2 aromatic carbocycles. The first-order valence-corrected chi connectivity index (χ1v) is 6.32. The molecule has 3 heteroatoms. The van der Waals surface area contributed by atoms with Crippen molar-refractivity contribution in [1.29, 1.82) is 0 Å². The van der Waals surface area contributed by atoms with Crippen LogP contribution in [0.2, 0.25) is 5.02 Å². The number of alkyl halides is 1. The number of halogens is 3. The quantitative estimate of drug-likeness (QED) is 0.681. The van der Waals surface area contributed by atoms with E-state index in [9.17, 15) is 4.39 Å². The maximum absolute atomic E-state index is 13.6. The maximum Gasteiger partial charge on any atom is 0.131 e. The van der Waals surface area contributed by atoms with Gasteiger partial charge in [0.15, 0.2) is 0 Å². The summed E-state index contributed by atoms with van der Waals surface area (Å²) in [5, 5.41) is 1.26. The third-order valence-corrected chi connectivity index (χ3v) is 3.44. The van der Waals surface area contributed by atoms with Crippen molar-refractivity contribution >= 4 is 27.5 Å². The predicted molar refractivity (Wildman–Crippen MR) is 69.5 cm³/mol. The molecule has 0 fully saturated rings. The van der Waals surface area contributed by atoms with Gasteiger partial charge in [-0.15, -0.1) is 0 Å². The van der Waals surface area contributed by atoms with E-state index in [1.807, 2.05) is 18.2 Å². The third-order valence-electron chi connectivity index (χ3n) is 2.39. The zero-order valence-corrected chi connectivity index (χ0v) is 10.7. The average Bonchev–Trinajstić information content (AvgIpc) is 2.31. The lowest BCUT2D eigenvalue weighted by molar-refractivity contribution is 0.631. The number of hydrogen-bond acceptors (Lipinski definition) is 0. The molecular weight excluding hydrogens is 290 g/mol. The van der Waals surface area contributed by atoms with Crippen molar-refractivity contribution in [3.63, 3.8) is 0 Å². The molecule has 0 N–H and O–H groups in total. The average molecular weight is 300 g/mol. The Hall–Kier alpha value is -0.860. The van der Waals surface area contributed by atoms with Gasteiger partial charge in [-0.25, -0.2) is 4.39 Å². The molecule has 0 nitrogen and oxygen atoms in total. The fraction of sp³-hybridized carbons (Fsp3) is 0.0769. The Morgan fingerprint density at radius 3 is 2.38 bits per heavy atom. The Labute approximate surface area is 107 Å². The molecule has 2 aromatic rings. The van der Waals surface area contributed by atoms with Crippen LogP contribution >= 0.6 is 27.5 Å². The van der Waals surface area contributed by atoms with Crippen LogP contribution in [0.4, 0.5) is 4.39 Å². The van der Waals surface area contributed by atoms with E-state index in [0.717, 1.165) is 11.1 Å². The van der Waals surface area contributed by atoms with Gasteiger partial charge in [-0.3, -0.25) is 0 Å². The van der Waals surface area contributed by atoms with Crippen LogP contribution in [0.1, 0.15) is 5.56 Å². The van der Waals surface area contributed by atoms with Gasteiger partial charge in [0.25, 0.3) is 0 Å². The Bertz CT molecular complexity index is 511. The monoisotopic (exact) mass is 298 g/mol. The Morgan fingerprint density at radius 1 is 1.00 bits per heavy atom. The Balaban J connectivity index is 2.61. The van der Waals surface area contributed by atoms with E-state index in [-0.39, 0.29) is 5.82 Å². The van der Waals surface area contributed by atoms with Crippen LogP contribution in [0.15, 0.2) is 42.5 Å². The lowest BCUT2D eigenvalue weighted by Crippen LogP contribution is -1.88. The van der Waals surface area contributed by atoms with Crippen LogP contribution in [0.5, 0.6) is 0 Å². The summed E-state index contributed by atoms with van der Waals surface area (Å²) in [4.78, 5) is 0. The van der Waals surface area contributed by atoms with Crippen molar-refractivity contribution in [3.05, 3.63) is 58.9 Å². The van der Waals surface area contributed by atoms with Crippen LogP contribution in [0, 0.1) is 5.82 Å². The van der Waals surface area contributed by atoms with Crippen molar-refractivity contribution in [3.8, 4) is 11.1 Å². The SMILES string of the molecule is Fc1ccccc1-c1cccc(CBr)c1Cl. The minimum atomic E-state index is -0.254. The third kappa shape index (κ3) is 2.13. The predicted octanol–water partition coefficient (Wildman–Crippen LogP) is 5.04. The summed E-state index contributed by atoms with van der Waals surface area (Å²) >= 11 is 9.57. The zero-order chi connectivity index (χ0) is 11.5. The number of rotatable bonds is 2. The number of hydrogen-bond donors (Lipinski definition) is 0. The normalized spacial score (nSPS) is 10.4. The molecule has 0 saturated heterocycles. The van der Waals surface area contributed by atoms with Gasteiger partial charge in [-0.1, -0.05) is 63.9 Å². The van der Waals surface area contributed by atoms with Crippen LogP contribution in [-0.2, 0) is 5.33 Å². The first-order chi connectivity index (χ1) is 7.74. The zero-order valence-electron chi connectivity index (χ0n) is 8.38. The molecule has 0 aliphatic rings. The van der Waals surface area contributed by atoms with Crippen LogP contribution in [0.3, 0.4) is 0 Å². The highest BCUT2D eigenvalue weighted by molar-refractivity contribution is 9.08. The molecule has 0 unspecified atom stereocenters. The Morgan fingerprint density at radius 2 is 1.69 bits per heavy atom. The molecule has 0 spiro atoms. The van der Waals surface area contributed by atoms with Crippen LogP contribution in [-0.4, -0.2) is 0 Å². The van der Waals surface area contributed by atoms with Gasteiger partial charge in [0, 0.05) is 16.5 Å². The van der Waals surface area contributed by atoms with Crippen LogP contribution in [0.25, 0.3) is 11.1 Å².